The quantitative estimate of drug-likeness (QED) is 0.612. The van der Waals surface area contributed by atoms with Crippen LogP contribution in [0.1, 0.15) is 12.8 Å². The summed E-state index contributed by atoms with van der Waals surface area (Å²) in [5, 5.41) is 4.12. The van der Waals surface area contributed by atoms with Crippen LogP contribution >= 0.6 is 11.6 Å². The molecule has 27 heavy (non-hydrogen) atoms. The van der Waals surface area contributed by atoms with Crippen molar-refractivity contribution in [2.45, 2.75) is 12.8 Å². The van der Waals surface area contributed by atoms with Crippen molar-refractivity contribution >= 4 is 28.8 Å². The summed E-state index contributed by atoms with van der Waals surface area (Å²) < 4.78 is 5.52. The molecule has 3 aromatic rings. The summed E-state index contributed by atoms with van der Waals surface area (Å²) in [6.07, 6.45) is 2.48. The molecule has 0 unspecified atom stereocenters. The van der Waals surface area contributed by atoms with E-state index in [0.717, 1.165) is 47.3 Å². The molecule has 1 N–H and O–H groups in total. The molecule has 2 heterocycles. The van der Waals surface area contributed by atoms with Crippen LogP contribution in [0.25, 0.3) is 11.3 Å². The van der Waals surface area contributed by atoms with Gasteiger partial charge in [0.25, 0.3) is 0 Å². The lowest BCUT2D eigenvalue weighted by atomic mass is 10.1. The van der Waals surface area contributed by atoms with Crippen molar-refractivity contribution < 1.29 is 4.74 Å². The molecule has 0 radical (unpaired) electrons. The van der Waals surface area contributed by atoms with Gasteiger partial charge in [-0.2, -0.15) is 0 Å². The standard InChI is InChI=1S/C22H22ClN3O/c1-27-21-12-7-16(15-20(21)24-18-10-8-17(23)9-11-18)19-5-4-6-22(25-19)26-13-2-3-14-26/h4-12,15,24H,2-3,13-14H2,1H3. The second-order valence-corrected chi connectivity index (χ2v) is 7.06. The van der Waals surface area contributed by atoms with E-state index in [9.17, 15) is 0 Å². The van der Waals surface area contributed by atoms with Gasteiger partial charge >= 0.3 is 0 Å². The zero-order chi connectivity index (χ0) is 18.6. The lowest BCUT2D eigenvalue weighted by molar-refractivity contribution is 0.417. The largest absolute Gasteiger partial charge is 0.495 e. The molecular formula is C22H22ClN3O. The van der Waals surface area contributed by atoms with Crippen LogP contribution in [0.3, 0.4) is 0 Å². The molecule has 1 saturated heterocycles. The van der Waals surface area contributed by atoms with Crippen molar-refractivity contribution in [1.29, 1.82) is 0 Å². The highest BCUT2D eigenvalue weighted by Gasteiger charge is 2.14. The average Bonchev–Trinajstić information content (AvgIpc) is 3.25. The van der Waals surface area contributed by atoms with Gasteiger partial charge < -0.3 is 15.0 Å². The van der Waals surface area contributed by atoms with Crippen LogP contribution in [0.4, 0.5) is 17.2 Å². The summed E-state index contributed by atoms with van der Waals surface area (Å²) in [5.41, 5.74) is 3.86. The molecule has 5 heteroatoms. The van der Waals surface area contributed by atoms with E-state index in [-0.39, 0.29) is 0 Å². The topological polar surface area (TPSA) is 37.4 Å². The lowest BCUT2D eigenvalue weighted by Crippen LogP contribution is -2.18. The molecule has 1 aliphatic rings. The first-order valence-corrected chi connectivity index (χ1v) is 9.54. The molecular weight excluding hydrogens is 358 g/mol. The Kier molecular flexibility index (Phi) is 5.16. The molecule has 4 rings (SSSR count). The van der Waals surface area contributed by atoms with Gasteiger partial charge in [-0.3, -0.25) is 0 Å². The zero-order valence-corrected chi connectivity index (χ0v) is 16.0. The molecule has 0 atom stereocenters. The summed E-state index contributed by atoms with van der Waals surface area (Å²) in [4.78, 5) is 7.23. The highest BCUT2D eigenvalue weighted by Crippen LogP contribution is 2.33. The first-order chi connectivity index (χ1) is 13.2. The van der Waals surface area contributed by atoms with Gasteiger partial charge in [-0.1, -0.05) is 17.7 Å². The number of pyridine rings is 1. The van der Waals surface area contributed by atoms with E-state index in [0.29, 0.717) is 5.02 Å². The number of hydrogen-bond acceptors (Lipinski definition) is 4. The van der Waals surface area contributed by atoms with Gasteiger partial charge in [-0.25, -0.2) is 4.98 Å². The maximum Gasteiger partial charge on any atom is 0.142 e. The Labute approximate surface area is 164 Å². The molecule has 0 amide bonds. The Balaban J connectivity index is 1.65. The highest BCUT2D eigenvalue weighted by atomic mass is 35.5. The Bertz CT molecular complexity index is 921. The SMILES string of the molecule is COc1ccc(-c2cccc(N3CCCC3)n2)cc1Nc1ccc(Cl)cc1. The van der Waals surface area contributed by atoms with Gasteiger partial charge in [0.15, 0.2) is 0 Å². The molecule has 4 nitrogen and oxygen atoms in total. The van der Waals surface area contributed by atoms with Crippen LogP contribution in [-0.4, -0.2) is 25.2 Å². The average molecular weight is 380 g/mol. The van der Waals surface area contributed by atoms with E-state index in [4.69, 9.17) is 21.3 Å². The third kappa shape index (κ3) is 4.01. The van der Waals surface area contributed by atoms with E-state index in [1.54, 1.807) is 7.11 Å². The highest BCUT2D eigenvalue weighted by molar-refractivity contribution is 6.30. The van der Waals surface area contributed by atoms with Crippen LogP contribution in [0.5, 0.6) is 5.75 Å². The third-order valence-electron chi connectivity index (χ3n) is 4.78. The minimum absolute atomic E-state index is 0.712. The van der Waals surface area contributed by atoms with Crippen molar-refractivity contribution in [2.24, 2.45) is 0 Å². The number of halogens is 1. The molecule has 0 aliphatic carbocycles. The van der Waals surface area contributed by atoms with Gasteiger partial charge in [0.1, 0.15) is 11.6 Å². The molecule has 138 valence electrons. The normalized spacial score (nSPS) is 13.6. The van der Waals surface area contributed by atoms with Crippen LogP contribution in [0.15, 0.2) is 60.7 Å². The number of anilines is 3. The summed E-state index contributed by atoms with van der Waals surface area (Å²) in [7, 11) is 1.67. The minimum Gasteiger partial charge on any atom is -0.495 e. The fraction of sp³-hybridized carbons (Fsp3) is 0.227. The fourth-order valence-electron chi connectivity index (χ4n) is 3.36. The van der Waals surface area contributed by atoms with Gasteiger partial charge in [0, 0.05) is 29.4 Å². The second kappa shape index (κ2) is 7.89. The summed E-state index contributed by atoms with van der Waals surface area (Å²) in [5.74, 6) is 1.83. The number of nitrogens with one attached hydrogen (secondary N) is 1. The second-order valence-electron chi connectivity index (χ2n) is 6.62. The third-order valence-corrected chi connectivity index (χ3v) is 5.03. The van der Waals surface area contributed by atoms with E-state index in [2.05, 4.69) is 28.4 Å². The monoisotopic (exact) mass is 379 g/mol. The zero-order valence-electron chi connectivity index (χ0n) is 15.3. The number of ether oxygens (including phenoxy) is 1. The summed E-state index contributed by atoms with van der Waals surface area (Å²) in [6, 6.07) is 19.9. The molecule has 0 saturated carbocycles. The molecule has 1 fully saturated rings. The number of benzene rings is 2. The van der Waals surface area contributed by atoms with E-state index in [1.165, 1.54) is 12.8 Å². The molecule has 2 aromatic carbocycles. The van der Waals surface area contributed by atoms with Crippen LogP contribution < -0.4 is 15.0 Å². The van der Waals surface area contributed by atoms with Gasteiger partial charge in [-0.05, 0) is 67.4 Å². The van der Waals surface area contributed by atoms with Crippen LogP contribution in [-0.2, 0) is 0 Å². The van der Waals surface area contributed by atoms with E-state index >= 15 is 0 Å². The smallest absolute Gasteiger partial charge is 0.142 e. The molecule has 1 aliphatic heterocycles. The maximum absolute atomic E-state index is 5.98. The summed E-state index contributed by atoms with van der Waals surface area (Å²) >= 11 is 5.98. The predicted molar refractivity (Wildman–Crippen MR) is 112 cm³/mol. The predicted octanol–water partition coefficient (Wildman–Crippen LogP) is 5.75. The first-order valence-electron chi connectivity index (χ1n) is 9.16. The number of aromatic nitrogens is 1. The molecule has 0 bridgehead atoms. The Morgan fingerprint density at radius 3 is 2.52 bits per heavy atom. The van der Waals surface area contributed by atoms with Crippen molar-refractivity contribution in [3.63, 3.8) is 0 Å². The van der Waals surface area contributed by atoms with Gasteiger partial charge in [-0.15, -0.1) is 0 Å². The number of methoxy groups -OCH3 is 1. The first kappa shape index (κ1) is 17.7. The van der Waals surface area contributed by atoms with Crippen LogP contribution in [0, 0.1) is 0 Å². The van der Waals surface area contributed by atoms with Crippen molar-refractivity contribution in [1.82, 2.24) is 4.98 Å². The van der Waals surface area contributed by atoms with Gasteiger partial charge in [0.2, 0.25) is 0 Å². The lowest BCUT2D eigenvalue weighted by Gasteiger charge is -2.17. The Hall–Kier alpha value is -2.72. The van der Waals surface area contributed by atoms with Crippen molar-refractivity contribution in [3.05, 3.63) is 65.7 Å². The van der Waals surface area contributed by atoms with Gasteiger partial charge in [0.05, 0.1) is 18.5 Å². The van der Waals surface area contributed by atoms with Crippen molar-refractivity contribution in [3.8, 4) is 17.0 Å². The van der Waals surface area contributed by atoms with Crippen molar-refractivity contribution in [2.75, 3.05) is 30.4 Å². The fourth-order valence-corrected chi connectivity index (χ4v) is 3.49. The Morgan fingerprint density at radius 1 is 1.00 bits per heavy atom. The molecule has 1 aromatic heterocycles. The maximum atomic E-state index is 5.98. The van der Waals surface area contributed by atoms with Crippen LogP contribution in [0.2, 0.25) is 5.02 Å². The van der Waals surface area contributed by atoms with E-state index in [1.807, 2.05) is 42.5 Å². The minimum atomic E-state index is 0.712. The number of rotatable bonds is 5. The van der Waals surface area contributed by atoms with E-state index < -0.39 is 0 Å². The number of nitrogens with zero attached hydrogens (tertiary/aromatic N) is 2. The summed E-state index contributed by atoms with van der Waals surface area (Å²) in [6.45, 7) is 2.17. The Morgan fingerprint density at radius 2 is 1.78 bits per heavy atom. The number of hydrogen-bond donors (Lipinski definition) is 1. The molecule has 0 spiro atoms.